The summed E-state index contributed by atoms with van der Waals surface area (Å²) in [5.74, 6) is -0.0664. The minimum Gasteiger partial charge on any atom is -0.411 e. The number of rotatable bonds is 7. The second-order valence-corrected chi connectivity index (χ2v) is 9.89. The second-order valence-electron chi connectivity index (χ2n) is 7.88. The molecule has 0 fully saturated rings. The summed E-state index contributed by atoms with van der Waals surface area (Å²) in [6, 6.07) is 28.7. The smallest absolute Gasteiger partial charge is 0.175 e. The number of benzene rings is 3. The molecule has 0 aliphatic heterocycles. The predicted octanol–water partition coefficient (Wildman–Crippen LogP) is 5.55. The Bertz CT molecular complexity index is 1370. The highest BCUT2D eigenvalue weighted by atomic mass is 32.2. The lowest BCUT2D eigenvalue weighted by Crippen LogP contribution is -2.10. The third-order valence-corrected chi connectivity index (χ3v) is 6.73. The summed E-state index contributed by atoms with van der Waals surface area (Å²) >= 11 is 0. The lowest BCUT2D eigenvalue weighted by molar-refractivity contribution is 0.317. The van der Waals surface area contributed by atoms with Gasteiger partial charge in [0.15, 0.2) is 9.84 Å². The van der Waals surface area contributed by atoms with Crippen LogP contribution < -0.4 is 0 Å². The van der Waals surface area contributed by atoms with Gasteiger partial charge in [0.2, 0.25) is 0 Å². The van der Waals surface area contributed by atoms with Gasteiger partial charge in [-0.25, -0.2) is 8.42 Å². The summed E-state index contributed by atoms with van der Waals surface area (Å²) in [6.45, 7) is 0. The summed E-state index contributed by atoms with van der Waals surface area (Å²) < 4.78 is 24.0. The molecule has 0 bridgehead atoms. The van der Waals surface area contributed by atoms with Gasteiger partial charge in [0.1, 0.15) is 0 Å². The van der Waals surface area contributed by atoms with Crippen molar-refractivity contribution >= 4 is 15.5 Å². The fourth-order valence-electron chi connectivity index (χ4n) is 3.91. The summed E-state index contributed by atoms with van der Waals surface area (Å²) in [5, 5.41) is 13.4. The van der Waals surface area contributed by atoms with Crippen molar-refractivity contribution in [1.29, 1.82) is 0 Å². The Balaban J connectivity index is 1.76. The first-order valence-corrected chi connectivity index (χ1v) is 12.4. The van der Waals surface area contributed by atoms with Gasteiger partial charge in [-0.05, 0) is 46.5 Å². The van der Waals surface area contributed by atoms with Crippen molar-refractivity contribution in [1.82, 2.24) is 4.98 Å². The predicted molar refractivity (Wildman–Crippen MR) is 130 cm³/mol. The van der Waals surface area contributed by atoms with E-state index in [-0.39, 0.29) is 10.8 Å². The number of hydrogen-bond acceptors (Lipinski definition) is 5. The summed E-state index contributed by atoms with van der Waals surface area (Å²) in [6.07, 6.45) is 5.04. The van der Waals surface area contributed by atoms with E-state index in [1.165, 1.54) is 6.26 Å². The van der Waals surface area contributed by atoms with Crippen molar-refractivity contribution in [2.45, 2.75) is 17.2 Å². The van der Waals surface area contributed by atoms with Crippen molar-refractivity contribution in [3.8, 4) is 11.1 Å². The van der Waals surface area contributed by atoms with Gasteiger partial charge in [-0.15, -0.1) is 0 Å². The van der Waals surface area contributed by atoms with Crippen molar-refractivity contribution in [3.63, 3.8) is 0 Å². The Kier molecular flexibility index (Phi) is 6.66. The molecule has 1 N–H and O–H groups in total. The highest BCUT2D eigenvalue weighted by Gasteiger charge is 2.19. The fraction of sp³-hybridized carbons (Fsp3) is 0.111. The molecule has 0 aliphatic rings. The highest BCUT2D eigenvalue weighted by Crippen LogP contribution is 2.33. The maximum Gasteiger partial charge on any atom is 0.175 e. The van der Waals surface area contributed by atoms with E-state index in [2.05, 4.69) is 28.3 Å². The van der Waals surface area contributed by atoms with Gasteiger partial charge in [0, 0.05) is 36.6 Å². The van der Waals surface area contributed by atoms with E-state index in [4.69, 9.17) is 0 Å². The lowest BCUT2D eigenvalue weighted by Gasteiger charge is -2.20. The van der Waals surface area contributed by atoms with Gasteiger partial charge in [0.05, 0.1) is 10.6 Å². The number of sulfone groups is 1. The molecular weight excluding hydrogens is 432 g/mol. The molecule has 1 aromatic heterocycles. The molecule has 3 aromatic carbocycles. The van der Waals surface area contributed by atoms with Crippen LogP contribution in [0.25, 0.3) is 11.1 Å². The Morgan fingerprint density at radius 1 is 0.848 bits per heavy atom. The van der Waals surface area contributed by atoms with Crippen LogP contribution in [0.2, 0.25) is 0 Å². The first kappa shape index (κ1) is 22.4. The third kappa shape index (κ3) is 5.35. The number of oxime groups is 1. The molecule has 4 rings (SSSR count). The SMILES string of the molecule is CS(=O)(=O)c1cccc(-c2cccc(C(C/C(=N\O)c3ccncc3)c3ccccc3)c2)c1. The molecule has 6 heteroatoms. The molecule has 4 aromatic rings. The Hall–Kier alpha value is -3.77. The molecule has 166 valence electrons. The van der Waals surface area contributed by atoms with Crippen LogP contribution in [0.1, 0.15) is 29.0 Å². The molecular formula is C27H24N2O3S. The van der Waals surface area contributed by atoms with Crippen molar-refractivity contribution in [3.05, 3.63) is 120 Å². The average Bonchev–Trinajstić information content (AvgIpc) is 2.85. The first-order chi connectivity index (χ1) is 16.0. The highest BCUT2D eigenvalue weighted by molar-refractivity contribution is 7.90. The van der Waals surface area contributed by atoms with Crippen LogP contribution in [0.5, 0.6) is 0 Å². The molecule has 33 heavy (non-hydrogen) atoms. The van der Waals surface area contributed by atoms with E-state index >= 15 is 0 Å². The van der Waals surface area contributed by atoms with E-state index < -0.39 is 9.84 Å². The number of pyridine rings is 1. The molecule has 0 amide bonds. The Labute approximate surface area is 194 Å². The molecule has 1 atom stereocenters. The van der Waals surface area contributed by atoms with E-state index in [0.29, 0.717) is 12.1 Å². The van der Waals surface area contributed by atoms with Gasteiger partial charge >= 0.3 is 0 Å². The van der Waals surface area contributed by atoms with E-state index in [1.54, 1.807) is 30.6 Å². The van der Waals surface area contributed by atoms with Crippen LogP contribution in [0.15, 0.2) is 113 Å². The van der Waals surface area contributed by atoms with E-state index in [9.17, 15) is 13.6 Å². The molecule has 1 heterocycles. The molecule has 0 radical (unpaired) electrons. The van der Waals surface area contributed by atoms with Crippen LogP contribution in [0, 0.1) is 0 Å². The normalized spacial score (nSPS) is 12.9. The summed E-state index contributed by atoms with van der Waals surface area (Å²) in [5.41, 5.74) is 5.26. The van der Waals surface area contributed by atoms with Crippen molar-refractivity contribution < 1.29 is 13.6 Å². The van der Waals surface area contributed by atoms with Crippen LogP contribution in [0.4, 0.5) is 0 Å². The van der Waals surface area contributed by atoms with Gasteiger partial charge in [-0.1, -0.05) is 71.9 Å². The zero-order chi connectivity index (χ0) is 23.3. The second kappa shape index (κ2) is 9.79. The largest absolute Gasteiger partial charge is 0.411 e. The topological polar surface area (TPSA) is 79.6 Å². The molecule has 0 spiro atoms. The van der Waals surface area contributed by atoms with Crippen molar-refractivity contribution in [2.75, 3.05) is 6.26 Å². The first-order valence-electron chi connectivity index (χ1n) is 10.5. The zero-order valence-corrected chi connectivity index (χ0v) is 19.0. The van der Waals surface area contributed by atoms with Crippen LogP contribution >= 0.6 is 0 Å². The molecule has 0 saturated heterocycles. The van der Waals surface area contributed by atoms with Crippen LogP contribution in [-0.2, 0) is 9.84 Å². The monoisotopic (exact) mass is 456 g/mol. The quantitative estimate of drug-likeness (QED) is 0.225. The maximum absolute atomic E-state index is 12.0. The van der Waals surface area contributed by atoms with E-state index in [1.807, 2.05) is 54.6 Å². The molecule has 0 saturated carbocycles. The van der Waals surface area contributed by atoms with Gasteiger partial charge < -0.3 is 5.21 Å². The molecule has 5 nitrogen and oxygen atoms in total. The van der Waals surface area contributed by atoms with Crippen molar-refractivity contribution in [2.24, 2.45) is 5.16 Å². The van der Waals surface area contributed by atoms with Gasteiger partial charge in [0.25, 0.3) is 0 Å². The average molecular weight is 457 g/mol. The Morgan fingerprint density at radius 2 is 1.48 bits per heavy atom. The number of hydrogen-bond donors (Lipinski definition) is 1. The zero-order valence-electron chi connectivity index (χ0n) is 18.2. The molecule has 0 aliphatic carbocycles. The van der Waals surface area contributed by atoms with E-state index in [0.717, 1.165) is 27.8 Å². The Morgan fingerprint density at radius 3 is 2.15 bits per heavy atom. The standard InChI is InChI=1S/C27H24N2O3S/c1-33(31,32)25-12-6-10-23(18-25)22-9-5-11-24(17-22)26(20-7-3-2-4-8-20)19-27(29-30)21-13-15-28-16-14-21/h2-18,26,30H,19H2,1H3/b29-27+. The van der Waals surface area contributed by atoms with Crippen LogP contribution in [-0.4, -0.2) is 30.6 Å². The molecule has 1 unspecified atom stereocenters. The fourth-order valence-corrected chi connectivity index (χ4v) is 4.58. The minimum atomic E-state index is -3.30. The maximum atomic E-state index is 12.0. The van der Waals surface area contributed by atoms with Gasteiger partial charge in [-0.2, -0.15) is 0 Å². The number of aromatic nitrogens is 1. The minimum absolute atomic E-state index is 0.0664. The van der Waals surface area contributed by atoms with Gasteiger partial charge in [-0.3, -0.25) is 4.98 Å². The summed E-state index contributed by atoms with van der Waals surface area (Å²) in [4.78, 5) is 4.34. The lowest BCUT2D eigenvalue weighted by atomic mass is 9.84. The third-order valence-electron chi connectivity index (χ3n) is 5.62. The van der Waals surface area contributed by atoms with Crippen LogP contribution in [0.3, 0.4) is 0 Å². The summed E-state index contributed by atoms with van der Waals surface area (Å²) in [7, 11) is -3.30. The number of nitrogens with zero attached hydrogens (tertiary/aromatic N) is 2.